The number of hydrogen-bond acceptors (Lipinski definition) is 2. The van der Waals surface area contributed by atoms with E-state index < -0.39 is 0 Å². The molecule has 0 aliphatic carbocycles. The molecule has 1 aromatic carbocycles. The van der Waals surface area contributed by atoms with Crippen LogP contribution in [0.15, 0.2) is 24.3 Å². The number of benzene rings is 1. The Morgan fingerprint density at radius 2 is 1.42 bits per heavy atom. The van der Waals surface area contributed by atoms with E-state index in [1.54, 1.807) is 0 Å². The average Bonchev–Trinajstić information content (AvgIpc) is 2.43. The van der Waals surface area contributed by atoms with E-state index in [-0.39, 0.29) is 0 Å². The molecule has 108 valence electrons. The number of nitrogens with zero attached hydrogens (tertiary/aromatic N) is 1. The van der Waals surface area contributed by atoms with Gasteiger partial charge in [0.15, 0.2) is 0 Å². The van der Waals surface area contributed by atoms with Gasteiger partial charge in [-0.15, -0.1) is 0 Å². The lowest BCUT2D eigenvalue weighted by atomic mass is 10.1. The van der Waals surface area contributed by atoms with Crippen LogP contribution in [0.1, 0.15) is 58.8 Å². The van der Waals surface area contributed by atoms with Crippen LogP contribution in [0.2, 0.25) is 0 Å². The summed E-state index contributed by atoms with van der Waals surface area (Å²) in [5.41, 5.74) is 7.87. The Hall–Kier alpha value is -1.18. The van der Waals surface area contributed by atoms with Crippen LogP contribution >= 0.6 is 0 Å². The zero-order chi connectivity index (χ0) is 13.9. The molecule has 0 saturated heterocycles. The van der Waals surface area contributed by atoms with Crippen molar-refractivity contribution >= 4 is 11.4 Å². The van der Waals surface area contributed by atoms with Gasteiger partial charge in [0.1, 0.15) is 0 Å². The van der Waals surface area contributed by atoms with Crippen LogP contribution in [-0.4, -0.2) is 13.1 Å². The fraction of sp³-hybridized carbons (Fsp3) is 0.647. The molecule has 1 aromatic rings. The van der Waals surface area contributed by atoms with E-state index in [4.69, 9.17) is 5.73 Å². The summed E-state index contributed by atoms with van der Waals surface area (Å²) in [5, 5.41) is 0. The minimum Gasteiger partial charge on any atom is -0.399 e. The fourth-order valence-electron chi connectivity index (χ4n) is 2.41. The SMILES string of the molecule is CCCCCCCCCN(CC)c1ccc(N)cc1. The maximum absolute atomic E-state index is 5.73. The third-order valence-electron chi connectivity index (χ3n) is 3.67. The molecule has 0 heterocycles. The van der Waals surface area contributed by atoms with Crippen LogP contribution in [0.25, 0.3) is 0 Å². The second kappa shape index (κ2) is 9.71. The van der Waals surface area contributed by atoms with Crippen molar-refractivity contribution in [3.63, 3.8) is 0 Å². The first-order valence-corrected chi connectivity index (χ1v) is 7.88. The summed E-state index contributed by atoms with van der Waals surface area (Å²) in [5.74, 6) is 0. The standard InChI is InChI=1S/C17H30N2/c1-3-5-6-7-8-9-10-15-19(4-2)17-13-11-16(18)12-14-17/h11-14H,3-10,15,18H2,1-2H3. The van der Waals surface area contributed by atoms with Gasteiger partial charge in [0.2, 0.25) is 0 Å². The van der Waals surface area contributed by atoms with Gasteiger partial charge < -0.3 is 10.6 Å². The van der Waals surface area contributed by atoms with E-state index >= 15 is 0 Å². The molecule has 0 bridgehead atoms. The molecule has 19 heavy (non-hydrogen) atoms. The minimum atomic E-state index is 0.843. The summed E-state index contributed by atoms with van der Waals surface area (Å²) in [4.78, 5) is 2.44. The third-order valence-corrected chi connectivity index (χ3v) is 3.67. The van der Waals surface area contributed by atoms with Gasteiger partial charge in [-0.3, -0.25) is 0 Å². The van der Waals surface area contributed by atoms with E-state index in [2.05, 4.69) is 30.9 Å². The first kappa shape index (κ1) is 15.9. The molecule has 0 aromatic heterocycles. The molecule has 0 aliphatic rings. The Morgan fingerprint density at radius 1 is 0.842 bits per heavy atom. The number of nitrogen functional groups attached to an aromatic ring is 1. The summed E-state index contributed by atoms with van der Waals surface area (Å²) in [7, 11) is 0. The van der Waals surface area contributed by atoms with Crippen LogP contribution in [0.4, 0.5) is 11.4 Å². The number of hydrogen-bond donors (Lipinski definition) is 1. The highest BCUT2D eigenvalue weighted by Gasteiger charge is 2.03. The molecule has 2 nitrogen and oxygen atoms in total. The molecule has 0 radical (unpaired) electrons. The normalized spacial score (nSPS) is 10.6. The van der Waals surface area contributed by atoms with Crippen LogP contribution in [-0.2, 0) is 0 Å². The molecule has 0 atom stereocenters. The minimum absolute atomic E-state index is 0.843. The molecule has 0 amide bonds. The molecule has 0 unspecified atom stereocenters. The van der Waals surface area contributed by atoms with E-state index in [1.807, 2.05) is 12.1 Å². The maximum atomic E-state index is 5.73. The van der Waals surface area contributed by atoms with Gasteiger partial charge in [-0.25, -0.2) is 0 Å². The van der Waals surface area contributed by atoms with Gasteiger partial charge in [0.25, 0.3) is 0 Å². The molecule has 0 saturated carbocycles. The van der Waals surface area contributed by atoms with Crippen LogP contribution in [0, 0.1) is 0 Å². The van der Waals surface area contributed by atoms with Crippen molar-refractivity contribution in [2.75, 3.05) is 23.7 Å². The van der Waals surface area contributed by atoms with Crippen molar-refractivity contribution in [3.8, 4) is 0 Å². The number of unbranched alkanes of at least 4 members (excludes halogenated alkanes) is 6. The van der Waals surface area contributed by atoms with E-state index in [0.717, 1.165) is 18.8 Å². The zero-order valence-electron chi connectivity index (χ0n) is 12.7. The molecular formula is C17H30N2. The Labute approximate surface area is 119 Å². The van der Waals surface area contributed by atoms with Crippen molar-refractivity contribution < 1.29 is 0 Å². The van der Waals surface area contributed by atoms with Gasteiger partial charge in [-0.05, 0) is 37.6 Å². The summed E-state index contributed by atoms with van der Waals surface area (Å²) >= 11 is 0. The van der Waals surface area contributed by atoms with E-state index in [1.165, 1.54) is 50.6 Å². The molecule has 0 aliphatic heterocycles. The second-order valence-electron chi connectivity index (χ2n) is 5.29. The Morgan fingerprint density at radius 3 is 2.00 bits per heavy atom. The lowest BCUT2D eigenvalue weighted by Gasteiger charge is -2.23. The lowest BCUT2D eigenvalue weighted by molar-refractivity contribution is 0.585. The summed E-state index contributed by atoms with van der Waals surface area (Å²) in [6.07, 6.45) is 9.58. The highest BCUT2D eigenvalue weighted by molar-refractivity contribution is 5.52. The second-order valence-corrected chi connectivity index (χ2v) is 5.29. The first-order chi connectivity index (χ1) is 9.27. The van der Waals surface area contributed by atoms with Gasteiger partial charge in [-0.2, -0.15) is 0 Å². The molecule has 2 heteroatoms. The summed E-state index contributed by atoms with van der Waals surface area (Å²) in [6.45, 7) is 6.72. The Kier molecular flexibility index (Phi) is 8.11. The quantitative estimate of drug-likeness (QED) is 0.482. The van der Waals surface area contributed by atoms with Crippen LogP contribution < -0.4 is 10.6 Å². The summed E-state index contributed by atoms with van der Waals surface area (Å²) in [6, 6.07) is 8.23. The van der Waals surface area contributed by atoms with Gasteiger partial charge in [0, 0.05) is 24.5 Å². The van der Waals surface area contributed by atoms with Crippen molar-refractivity contribution in [1.29, 1.82) is 0 Å². The highest BCUT2D eigenvalue weighted by Crippen LogP contribution is 2.17. The van der Waals surface area contributed by atoms with Gasteiger partial charge >= 0.3 is 0 Å². The third kappa shape index (κ3) is 6.51. The summed E-state index contributed by atoms with van der Waals surface area (Å²) < 4.78 is 0. The maximum Gasteiger partial charge on any atom is 0.0367 e. The fourth-order valence-corrected chi connectivity index (χ4v) is 2.41. The smallest absolute Gasteiger partial charge is 0.0367 e. The molecule has 2 N–H and O–H groups in total. The van der Waals surface area contributed by atoms with Gasteiger partial charge in [-0.1, -0.05) is 45.4 Å². The van der Waals surface area contributed by atoms with E-state index in [9.17, 15) is 0 Å². The number of anilines is 2. The van der Waals surface area contributed by atoms with Gasteiger partial charge in [0.05, 0.1) is 0 Å². The van der Waals surface area contributed by atoms with Crippen molar-refractivity contribution in [3.05, 3.63) is 24.3 Å². The van der Waals surface area contributed by atoms with Crippen LogP contribution in [0.5, 0.6) is 0 Å². The first-order valence-electron chi connectivity index (χ1n) is 7.88. The largest absolute Gasteiger partial charge is 0.399 e. The monoisotopic (exact) mass is 262 g/mol. The highest BCUT2D eigenvalue weighted by atomic mass is 15.1. The number of rotatable bonds is 10. The average molecular weight is 262 g/mol. The van der Waals surface area contributed by atoms with Crippen molar-refractivity contribution in [1.82, 2.24) is 0 Å². The molecule has 1 rings (SSSR count). The zero-order valence-corrected chi connectivity index (χ0v) is 12.7. The van der Waals surface area contributed by atoms with Crippen LogP contribution in [0.3, 0.4) is 0 Å². The Bertz CT molecular complexity index is 319. The Balaban J connectivity index is 2.20. The van der Waals surface area contributed by atoms with Crippen molar-refractivity contribution in [2.45, 2.75) is 58.8 Å². The molecule has 0 spiro atoms. The van der Waals surface area contributed by atoms with E-state index in [0.29, 0.717) is 0 Å². The number of nitrogens with two attached hydrogens (primary N) is 1. The topological polar surface area (TPSA) is 29.3 Å². The molecular weight excluding hydrogens is 232 g/mol. The molecule has 0 fully saturated rings. The predicted octanol–water partition coefficient (Wildman–Crippen LogP) is 4.85. The lowest BCUT2D eigenvalue weighted by Crippen LogP contribution is -2.23. The predicted molar refractivity (Wildman–Crippen MR) is 86.7 cm³/mol. The van der Waals surface area contributed by atoms with Crippen molar-refractivity contribution in [2.24, 2.45) is 0 Å².